The maximum absolute atomic E-state index is 9.46. The van der Waals surface area contributed by atoms with Gasteiger partial charge in [-0.15, -0.1) is 0 Å². The molecule has 94 valence electrons. The third-order valence-corrected chi connectivity index (χ3v) is 4.22. The highest BCUT2D eigenvalue weighted by atomic mass is 32.1. The summed E-state index contributed by atoms with van der Waals surface area (Å²) in [6.07, 6.45) is 5.08. The number of phenols is 1. The first kappa shape index (κ1) is 11.7. The number of aromatic nitrogens is 1. The van der Waals surface area contributed by atoms with E-state index in [0.29, 0.717) is 11.8 Å². The number of benzene rings is 1. The first-order valence-corrected chi connectivity index (χ1v) is 7.02. The van der Waals surface area contributed by atoms with Crippen molar-refractivity contribution < 1.29 is 5.11 Å². The number of fused-ring (bicyclic) bond motifs is 1. The predicted molar refractivity (Wildman–Crippen MR) is 72.9 cm³/mol. The minimum Gasteiger partial charge on any atom is -0.508 e. The maximum atomic E-state index is 9.46. The smallest absolute Gasteiger partial charge is 0.115 e. The summed E-state index contributed by atoms with van der Waals surface area (Å²) in [5, 5.41) is 13.0. The van der Waals surface area contributed by atoms with E-state index in [1.165, 1.54) is 16.0 Å². The summed E-state index contributed by atoms with van der Waals surface area (Å²) in [6.45, 7) is 0.906. The Hall–Kier alpha value is -1.39. The van der Waals surface area contributed by atoms with Crippen LogP contribution in [0.1, 0.15) is 22.4 Å². The molecule has 1 heterocycles. The van der Waals surface area contributed by atoms with Crippen LogP contribution in [0.4, 0.5) is 0 Å². The predicted octanol–water partition coefficient (Wildman–Crippen LogP) is 2.50. The zero-order chi connectivity index (χ0) is 12.4. The second-order valence-corrected chi connectivity index (χ2v) is 5.67. The number of hydrogen-bond donors (Lipinski definition) is 2. The van der Waals surface area contributed by atoms with E-state index in [1.54, 1.807) is 17.6 Å². The molecule has 2 N–H and O–H groups in total. The van der Waals surface area contributed by atoms with Gasteiger partial charge in [0.05, 0.1) is 0 Å². The Labute approximate surface area is 111 Å². The summed E-state index contributed by atoms with van der Waals surface area (Å²) in [5.41, 5.74) is 2.66. The second-order valence-electron chi connectivity index (χ2n) is 4.75. The zero-order valence-corrected chi connectivity index (χ0v) is 10.9. The van der Waals surface area contributed by atoms with Crippen LogP contribution in [0.3, 0.4) is 0 Å². The molecule has 1 atom stereocenters. The van der Waals surface area contributed by atoms with Gasteiger partial charge in [-0.2, -0.15) is 0 Å². The van der Waals surface area contributed by atoms with Gasteiger partial charge in [0.2, 0.25) is 0 Å². The van der Waals surface area contributed by atoms with E-state index in [-0.39, 0.29) is 0 Å². The summed E-state index contributed by atoms with van der Waals surface area (Å²) in [4.78, 5) is 1.28. The minimum absolute atomic E-state index is 0.379. The lowest BCUT2D eigenvalue weighted by Crippen LogP contribution is -2.33. The molecule has 0 unspecified atom stereocenters. The van der Waals surface area contributed by atoms with E-state index >= 15 is 0 Å². The fourth-order valence-corrected chi connectivity index (χ4v) is 3.02. The van der Waals surface area contributed by atoms with Gasteiger partial charge in [0, 0.05) is 23.7 Å². The summed E-state index contributed by atoms with van der Waals surface area (Å²) < 4.78 is 4.11. The average molecular weight is 260 g/mol. The lowest BCUT2D eigenvalue weighted by molar-refractivity contribution is 0.451. The first-order valence-electron chi connectivity index (χ1n) is 6.25. The van der Waals surface area contributed by atoms with Crippen molar-refractivity contribution in [2.75, 3.05) is 0 Å². The van der Waals surface area contributed by atoms with Crippen LogP contribution >= 0.6 is 11.5 Å². The normalized spacial score (nSPS) is 18.6. The number of phenolic OH excluding ortho intramolecular Hbond substituents is 1. The molecule has 18 heavy (non-hydrogen) atoms. The molecule has 3 nitrogen and oxygen atoms in total. The zero-order valence-electron chi connectivity index (χ0n) is 10.1. The molecule has 0 amide bonds. The lowest BCUT2D eigenvalue weighted by atomic mass is 9.88. The molecule has 0 radical (unpaired) electrons. The number of aryl methyl sites for hydroxylation is 1. The van der Waals surface area contributed by atoms with Crippen LogP contribution in [0.25, 0.3) is 0 Å². The van der Waals surface area contributed by atoms with Gasteiger partial charge in [0.25, 0.3) is 0 Å². The van der Waals surface area contributed by atoms with E-state index in [0.717, 1.165) is 25.8 Å². The van der Waals surface area contributed by atoms with E-state index in [2.05, 4.69) is 15.8 Å². The van der Waals surface area contributed by atoms with E-state index in [4.69, 9.17) is 0 Å². The van der Waals surface area contributed by atoms with Crippen molar-refractivity contribution in [2.24, 2.45) is 0 Å². The van der Waals surface area contributed by atoms with Crippen molar-refractivity contribution in [3.63, 3.8) is 0 Å². The number of hydrogen-bond acceptors (Lipinski definition) is 4. The number of rotatable bonds is 3. The molecule has 0 saturated heterocycles. The lowest BCUT2D eigenvalue weighted by Gasteiger charge is -2.25. The van der Waals surface area contributed by atoms with Crippen LogP contribution in [-0.2, 0) is 19.4 Å². The van der Waals surface area contributed by atoms with Gasteiger partial charge in [-0.25, -0.2) is 4.37 Å². The third kappa shape index (κ3) is 2.54. The topological polar surface area (TPSA) is 45.1 Å². The molecule has 0 bridgehead atoms. The van der Waals surface area contributed by atoms with E-state index in [9.17, 15) is 5.11 Å². The quantitative estimate of drug-likeness (QED) is 0.891. The molecule has 0 aliphatic heterocycles. The van der Waals surface area contributed by atoms with Crippen LogP contribution in [0.2, 0.25) is 0 Å². The molecule has 0 saturated carbocycles. The van der Waals surface area contributed by atoms with Gasteiger partial charge in [0.1, 0.15) is 5.75 Å². The summed E-state index contributed by atoms with van der Waals surface area (Å²) in [7, 11) is 0. The second kappa shape index (κ2) is 5.08. The van der Waals surface area contributed by atoms with Crippen LogP contribution in [0.5, 0.6) is 5.75 Å². The van der Waals surface area contributed by atoms with Gasteiger partial charge in [-0.3, -0.25) is 0 Å². The minimum atomic E-state index is 0.379. The number of aromatic hydroxyl groups is 1. The summed E-state index contributed by atoms with van der Waals surface area (Å²) in [6, 6.07) is 8.32. The molecule has 1 aromatic heterocycles. The van der Waals surface area contributed by atoms with Gasteiger partial charge in [-0.1, -0.05) is 6.07 Å². The van der Waals surface area contributed by atoms with Crippen molar-refractivity contribution in [3.8, 4) is 5.75 Å². The standard InChI is InChI=1S/C14H16N2OS/c17-13-4-2-10-7-12(3-1-11(10)8-13)15-9-14-5-6-16-18-14/h2,4-6,8,12,15,17H,1,3,7,9H2/t12-/m0/s1. The molecule has 0 fully saturated rings. The third-order valence-electron chi connectivity index (χ3n) is 3.47. The fourth-order valence-electron chi connectivity index (χ4n) is 2.49. The SMILES string of the molecule is Oc1ccc2c(c1)CC[C@H](NCc1ccns1)C2. The molecule has 2 aromatic rings. The van der Waals surface area contributed by atoms with Gasteiger partial charge >= 0.3 is 0 Å². The monoisotopic (exact) mass is 260 g/mol. The Balaban J connectivity index is 1.62. The molecule has 3 rings (SSSR count). The van der Waals surface area contributed by atoms with E-state index in [1.807, 2.05) is 18.3 Å². The highest BCUT2D eigenvalue weighted by Crippen LogP contribution is 2.25. The van der Waals surface area contributed by atoms with E-state index < -0.39 is 0 Å². The van der Waals surface area contributed by atoms with Crippen molar-refractivity contribution >= 4 is 11.5 Å². The maximum Gasteiger partial charge on any atom is 0.115 e. The van der Waals surface area contributed by atoms with Gasteiger partial charge < -0.3 is 10.4 Å². The average Bonchev–Trinajstić information content (AvgIpc) is 2.89. The molecule has 1 aromatic carbocycles. The van der Waals surface area contributed by atoms with Crippen molar-refractivity contribution in [1.82, 2.24) is 9.69 Å². The van der Waals surface area contributed by atoms with Gasteiger partial charge in [0.15, 0.2) is 0 Å². The Bertz CT molecular complexity index is 525. The number of nitrogens with one attached hydrogen (secondary N) is 1. The van der Waals surface area contributed by atoms with Gasteiger partial charge in [-0.05, 0) is 60.1 Å². The molecular formula is C14H16N2OS. The molecule has 1 aliphatic rings. The first-order chi connectivity index (χ1) is 8.81. The highest BCUT2D eigenvalue weighted by Gasteiger charge is 2.18. The number of nitrogens with zero attached hydrogens (tertiary/aromatic N) is 1. The summed E-state index contributed by atoms with van der Waals surface area (Å²) in [5.74, 6) is 0.379. The molecule has 4 heteroatoms. The Morgan fingerprint density at radius 1 is 1.33 bits per heavy atom. The largest absolute Gasteiger partial charge is 0.508 e. The fraction of sp³-hybridized carbons (Fsp3) is 0.357. The van der Waals surface area contributed by atoms with Crippen molar-refractivity contribution in [1.29, 1.82) is 0 Å². The molecule has 0 spiro atoms. The van der Waals surface area contributed by atoms with Crippen molar-refractivity contribution in [2.45, 2.75) is 31.8 Å². The van der Waals surface area contributed by atoms with Crippen LogP contribution in [0.15, 0.2) is 30.5 Å². The van der Waals surface area contributed by atoms with Crippen molar-refractivity contribution in [3.05, 3.63) is 46.5 Å². The Morgan fingerprint density at radius 3 is 3.11 bits per heavy atom. The molecular weight excluding hydrogens is 244 g/mol. The Morgan fingerprint density at radius 2 is 2.28 bits per heavy atom. The van der Waals surface area contributed by atoms with Crippen LogP contribution < -0.4 is 5.32 Å². The highest BCUT2D eigenvalue weighted by molar-refractivity contribution is 7.05. The molecule has 1 aliphatic carbocycles. The van der Waals surface area contributed by atoms with Crippen LogP contribution in [0, 0.1) is 0 Å². The Kier molecular flexibility index (Phi) is 3.30. The summed E-state index contributed by atoms with van der Waals surface area (Å²) >= 11 is 1.55. The van der Waals surface area contributed by atoms with Crippen LogP contribution in [-0.4, -0.2) is 15.5 Å².